The number of hydrogen-bond donors (Lipinski definition) is 1. The molecule has 21 heavy (non-hydrogen) atoms. The minimum atomic E-state index is 0.310. The third-order valence-corrected chi connectivity index (χ3v) is 4.18. The van der Waals surface area contributed by atoms with Crippen molar-refractivity contribution < 1.29 is 9.84 Å². The summed E-state index contributed by atoms with van der Waals surface area (Å²) in [6, 6.07) is 5.83. The zero-order chi connectivity index (χ0) is 15.2. The number of benzene rings is 1. The first kappa shape index (κ1) is 15.6. The van der Waals surface area contributed by atoms with Gasteiger partial charge in [-0.15, -0.1) is 11.3 Å². The van der Waals surface area contributed by atoms with Crippen molar-refractivity contribution >= 4 is 17.1 Å². The fraction of sp³-hybridized carbons (Fsp3) is 0.353. The minimum Gasteiger partial charge on any atom is -0.508 e. The van der Waals surface area contributed by atoms with Gasteiger partial charge in [0, 0.05) is 16.9 Å². The van der Waals surface area contributed by atoms with Crippen LogP contribution in [-0.2, 0) is 6.42 Å². The molecule has 1 heterocycles. The van der Waals surface area contributed by atoms with Gasteiger partial charge in [-0.2, -0.15) is 0 Å². The van der Waals surface area contributed by atoms with E-state index in [-0.39, 0.29) is 0 Å². The molecule has 0 aliphatic carbocycles. The summed E-state index contributed by atoms with van der Waals surface area (Å²) in [5.74, 6) is 1.10. The number of aryl methyl sites for hydroxylation is 2. The molecule has 0 spiro atoms. The molecule has 0 unspecified atom stereocenters. The molecule has 0 amide bonds. The summed E-state index contributed by atoms with van der Waals surface area (Å²) in [5.41, 5.74) is 4.83. The van der Waals surface area contributed by atoms with Gasteiger partial charge < -0.3 is 9.84 Å². The first-order chi connectivity index (χ1) is 10.1. The predicted molar refractivity (Wildman–Crippen MR) is 88.1 cm³/mol. The maximum Gasteiger partial charge on any atom is 0.120 e. The van der Waals surface area contributed by atoms with Gasteiger partial charge in [-0.05, 0) is 50.1 Å². The van der Waals surface area contributed by atoms with Crippen LogP contribution in [0.15, 0.2) is 29.8 Å². The van der Waals surface area contributed by atoms with Crippen LogP contribution in [0.3, 0.4) is 0 Å². The number of hydrogen-bond acceptors (Lipinski definition) is 4. The smallest absolute Gasteiger partial charge is 0.120 e. The van der Waals surface area contributed by atoms with Gasteiger partial charge in [0.15, 0.2) is 0 Å². The molecule has 1 aromatic carbocycles. The van der Waals surface area contributed by atoms with Gasteiger partial charge in [0.05, 0.1) is 17.8 Å². The number of ether oxygens (including phenoxy) is 1. The van der Waals surface area contributed by atoms with Gasteiger partial charge >= 0.3 is 0 Å². The number of aliphatic hydroxyl groups is 1. The molecular weight excluding hydrogens is 282 g/mol. The fourth-order valence-electron chi connectivity index (χ4n) is 2.12. The molecule has 0 fully saturated rings. The molecule has 2 aromatic rings. The van der Waals surface area contributed by atoms with E-state index in [0.717, 1.165) is 35.4 Å². The summed E-state index contributed by atoms with van der Waals surface area (Å²) in [6.07, 6.45) is 3.47. The molecule has 0 radical (unpaired) electrons. The van der Waals surface area contributed by atoms with Gasteiger partial charge in [-0.1, -0.05) is 6.92 Å². The summed E-state index contributed by atoms with van der Waals surface area (Å²) in [7, 11) is 0. The molecule has 0 aliphatic heterocycles. The van der Waals surface area contributed by atoms with E-state index in [1.54, 1.807) is 17.4 Å². The molecule has 112 valence electrons. The molecular formula is C17H21NO2S. The summed E-state index contributed by atoms with van der Waals surface area (Å²) in [4.78, 5) is 5.50. The largest absolute Gasteiger partial charge is 0.508 e. The van der Waals surface area contributed by atoms with Crippen molar-refractivity contribution in [3.8, 4) is 5.75 Å². The highest BCUT2D eigenvalue weighted by Gasteiger charge is 2.05. The van der Waals surface area contributed by atoms with Crippen LogP contribution in [0.5, 0.6) is 5.75 Å². The first-order valence-corrected chi connectivity index (χ1v) is 8.01. The summed E-state index contributed by atoms with van der Waals surface area (Å²) < 4.78 is 5.82. The van der Waals surface area contributed by atoms with Crippen molar-refractivity contribution in [2.24, 2.45) is 0 Å². The van der Waals surface area contributed by atoms with Crippen LogP contribution >= 0.6 is 11.3 Å². The van der Waals surface area contributed by atoms with E-state index in [2.05, 4.69) is 4.98 Å². The minimum absolute atomic E-state index is 0.310. The zero-order valence-corrected chi connectivity index (χ0v) is 13.5. The van der Waals surface area contributed by atoms with E-state index in [9.17, 15) is 5.11 Å². The van der Waals surface area contributed by atoms with Crippen molar-refractivity contribution in [1.82, 2.24) is 4.98 Å². The topological polar surface area (TPSA) is 42.4 Å². The third kappa shape index (κ3) is 4.33. The Balaban J connectivity index is 2.03. The normalized spacial score (nSPS) is 11.7. The molecule has 0 aliphatic rings. The SMILES string of the molecule is CCC=C(O)c1cc(C)cc(OCCc2scnc2C)c1. The molecule has 0 saturated heterocycles. The second kappa shape index (κ2) is 7.27. The van der Waals surface area contributed by atoms with Crippen molar-refractivity contribution in [2.45, 2.75) is 33.6 Å². The van der Waals surface area contributed by atoms with Crippen LogP contribution in [0.25, 0.3) is 5.76 Å². The Labute approximate surface area is 129 Å². The van der Waals surface area contributed by atoms with Crippen molar-refractivity contribution in [3.63, 3.8) is 0 Å². The lowest BCUT2D eigenvalue weighted by Crippen LogP contribution is -2.02. The van der Waals surface area contributed by atoms with Crippen LogP contribution in [0.2, 0.25) is 0 Å². The van der Waals surface area contributed by atoms with Crippen molar-refractivity contribution in [3.05, 3.63) is 51.5 Å². The highest BCUT2D eigenvalue weighted by molar-refractivity contribution is 7.09. The summed E-state index contributed by atoms with van der Waals surface area (Å²) in [5, 5.41) is 9.98. The van der Waals surface area contributed by atoms with E-state index in [1.165, 1.54) is 4.88 Å². The Kier molecular flexibility index (Phi) is 5.39. The molecule has 0 atom stereocenters. The maximum absolute atomic E-state index is 9.98. The highest BCUT2D eigenvalue weighted by atomic mass is 32.1. The first-order valence-electron chi connectivity index (χ1n) is 7.13. The zero-order valence-electron chi connectivity index (χ0n) is 12.7. The molecule has 0 saturated carbocycles. The Morgan fingerprint density at radius 3 is 2.81 bits per heavy atom. The Morgan fingerprint density at radius 2 is 2.14 bits per heavy atom. The lowest BCUT2D eigenvalue weighted by atomic mass is 10.1. The van der Waals surface area contributed by atoms with Crippen molar-refractivity contribution in [2.75, 3.05) is 6.61 Å². The standard InChI is InChI=1S/C17H21NO2S/c1-4-5-16(19)14-8-12(2)9-15(10-14)20-7-6-17-13(3)18-11-21-17/h5,8-11,19H,4,6-7H2,1-3H3. The van der Waals surface area contributed by atoms with Crippen LogP contribution in [0, 0.1) is 13.8 Å². The van der Waals surface area contributed by atoms with Gasteiger partial charge in [0.1, 0.15) is 11.5 Å². The number of allylic oxidation sites excluding steroid dienone is 1. The van der Waals surface area contributed by atoms with E-state index >= 15 is 0 Å². The molecule has 1 N–H and O–H groups in total. The number of nitrogens with zero attached hydrogens (tertiary/aromatic N) is 1. The fourth-order valence-corrected chi connectivity index (χ4v) is 2.88. The van der Waals surface area contributed by atoms with E-state index < -0.39 is 0 Å². The lowest BCUT2D eigenvalue weighted by molar-refractivity contribution is 0.322. The maximum atomic E-state index is 9.98. The quantitative estimate of drug-likeness (QED) is 0.787. The Bertz CT molecular complexity index is 631. The predicted octanol–water partition coefficient (Wildman–Crippen LogP) is 4.69. The van der Waals surface area contributed by atoms with Gasteiger partial charge in [0.25, 0.3) is 0 Å². The molecule has 3 nitrogen and oxygen atoms in total. The monoisotopic (exact) mass is 303 g/mol. The van der Waals surface area contributed by atoms with Crippen LogP contribution in [0.1, 0.15) is 35.0 Å². The van der Waals surface area contributed by atoms with Crippen molar-refractivity contribution in [1.29, 1.82) is 0 Å². The van der Waals surface area contributed by atoms with Crippen LogP contribution < -0.4 is 4.74 Å². The lowest BCUT2D eigenvalue weighted by Gasteiger charge is -2.09. The van der Waals surface area contributed by atoms with E-state index in [0.29, 0.717) is 12.4 Å². The van der Waals surface area contributed by atoms with E-state index in [4.69, 9.17) is 4.74 Å². The van der Waals surface area contributed by atoms with Gasteiger partial charge in [-0.3, -0.25) is 0 Å². The number of aliphatic hydroxyl groups excluding tert-OH is 1. The number of thiazole rings is 1. The summed E-state index contributed by atoms with van der Waals surface area (Å²) >= 11 is 1.66. The second-order valence-electron chi connectivity index (χ2n) is 4.99. The highest BCUT2D eigenvalue weighted by Crippen LogP contribution is 2.22. The number of rotatable bonds is 6. The second-order valence-corrected chi connectivity index (χ2v) is 5.93. The third-order valence-electron chi connectivity index (χ3n) is 3.19. The van der Waals surface area contributed by atoms with Gasteiger partial charge in [0.2, 0.25) is 0 Å². The van der Waals surface area contributed by atoms with E-state index in [1.807, 2.05) is 44.5 Å². The Morgan fingerprint density at radius 1 is 1.33 bits per heavy atom. The molecule has 1 aromatic heterocycles. The number of aromatic nitrogens is 1. The average Bonchev–Trinajstić information content (AvgIpc) is 2.84. The van der Waals surface area contributed by atoms with Gasteiger partial charge in [-0.25, -0.2) is 4.98 Å². The molecule has 2 rings (SSSR count). The van der Waals surface area contributed by atoms with Crippen LogP contribution in [0.4, 0.5) is 0 Å². The molecule has 0 bridgehead atoms. The molecule has 4 heteroatoms. The summed E-state index contributed by atoms with van der Waals surface area (Å²) in [6.45, 7) is 6.64. The average molecular weight is 303 g/mol. The van der Waals surface area contributed by atoms with Crippen LogP contribution in [-0.4, -0.2) is 16.7 Å². The Hall–Kier alpha value is -1.81.